The number of benzene rings is 2. The second-order valence-electron chi connectivity index (χ2n) is 3.71. The van der Waals surface area contributed by atoms with Gasteiger partial charge in [0.2, 0.25) is 0 Å². The first-order valence-electron chi connectivity index (χ1n) is 5.25. The molecule has 0 spiro atoms. The Morgan fingerprint density at radius 3 is 2.61 bits per heavy atom. The van der Waals surface area contributed by atoms with Gasteiger partial charge in [0, 0.05) is 6.07 Å². The maximum Gasteiger partial charge on any atom is 0.126 e. The molecule has 0 heterocycles. The second-order valence-corrected chi connectivity index (χ2v) is 3.71. The molecule has 0 amide bonds. The van der Waals surface area contributed by atoms with Crippen LogP contribution in [0.15, 0.2) is 42.5 Å². The molecule has 90 valence electrons. The van der Waals surface area contributed by atoms with E-state index >= 15 is 0 Å². The van der Waals surface area contributed by atoms with Gasteiger partial charge in [-0.15, -0.1) is 0 Å². The number of hydrogen-bond acceptors (Lipinski definition) is 2. The predicted molar refractivity (Wildman–Crippen MR) is 61.8 cm³/mol. The Hall–Kier alpha value is -2.41. The average Bonchev–Trinajstić information content (AvgIpc) is 2.36. The standard InChI is InChI=1S/C14H9F2NO/c15-12-2-1-3-14(7-12)18-9-11-4-10(8-17)5-13(16)6-11/h1-7H,9H2. The van der Waals surface area contributed by atoms with Crippen LogP contribution in [0.4, 0.5) is 8.78 Å². The summed E-state index contributed by atoms with van der Waals surface area (Å²) < 4.78 is 31.3. The summed E-state index contributed by atoms with van der Waals surface area (Å²) in [5.41, 5.74) is 0.753. The van der Waals surface area contributed by atoms with Crippen molar-refractivity contribution in [3.63, 3.8) is 0 Å². The lowest BCUT2D eigenvalue weighted by Gasteiger charge is -2.06. The molecule has 0 atom stereocenters. The van der Waals surface area contributed by atoms with Crippen LogP contribution in [0.5, 0.6) is 5.75 Å². The van der Waals surface area contributed by atoms with E-state index in [1.54, 1.807) is 6.07 Å². The number of hydrogen-bond donors (Lipinski definition) is 0. The Kier molecular flexibility index (Phi) is 3.54. The molecule has 0 saturated carbocycles. The van der Waals surface area contributed by atoms with Gasteiger partial charge in [-0.05, 0) is 35.9 Å². The van der Waals surface area contributed by atoms with Gasteiger partial charge < -0.3 is 4.74 Å². The molecule has 0 aliphatic carbocycles. The molecule has 0 radical (unpaired) electrons. The third kappa shape index (κ3) is 3.05. The quantitative estimate of drug-likeness (QED) is 0.830. The van der Waals surface area contributed by atoms with Gasteiger partial charge in [-0.1, -0.05) is 6.07 Å². The minimum Gasteiger partial charge on any atom is -0.489 e. The van der Waals surface area contributed by atoms with Crippen LogP contribution in [0.3, 0.4) is 0 Å². The molecule has 2 rings (SSSR count). The van der Waals surface area contributed by atoms with Gasteiger partial charge in [0.15, 0.2) is 0 Å². The summed E-state index contributed by atoms with van der Waals surface area (Å²) in [5, 5.41) is 8.70. The van der Waals surface area contributed by atoms with Crippen molar-refractivity contribution >= 4 is 0 Å². The van der Waals surface area contributed by atoms with E-state index in [-0.39, 0.29) is 12.2 Å². The largest absolute Gasteiger partial charge is 0.489 e. The first kappa shape index (κ1) is 12.1. The molecule has 0 fully saturated rings. The van der Waals surface area contributed by atoms with Crippen molar-refractivity contribution in [1.82, 2.24) is 0 Å². The molecule has 2 aromatic carbocycles. The monoisotopic (exact) mass is 245 g/mol. The molecule has 4 heteroatoms. The predicted octanol–water partition coefficient (Wildman–Crippen LogP) is 3.42. The van der Waals surface area contributed by atoms with E-state index in [1.807, 2.05) is 6.07 Å². The van der Waals surface area contributed by atoms with E-state index in [9.17, 15) is 8.78 Å². The molecule has 18 heavy (non-hydrogen) atoms. The molecule has 0 bridgehead atoms. The Labute approximate surface area is 103 Å². The van der Waals surface area contributed by atoms with Gasteiger partial charge in [0.05, 0.1) is 11.6 Å². The van der Waals surface area contributed by atoms with Crippen molar-refractivity contribution in [2.45, 2.75) is 6.61 Å². The third-order valence-corrected chi connectivity index (χ3v) is 2.29. The van der Waals surface area contributed by atoms with Crippen LogP contribution in [0.1, 0.15) is 11.1 Å². The number of nitrogens with zero attached hydrogens (tertiary/aromatic N) is 1. The van der Waals surface area contributed by atoms with Crippen LogP contribution in [0, 0.1) is 23.0 Å². The summed E-state index contributed by atoms with van der Waals surface area (Å²) in [6, 6.07) is 11.5. The zero-order valence-electron chi connectivity index (χ0n) is 9.36. The van der Waals surface area contributed by atoms with Crippen molar-refractivity contribution in [2.24, 2.45) is 0 Å². The Balaban J connectivity index is 2.11. The summed E-state index contributed by atoms with van der Waals surface area (Å²) in [5.74, 6) is -0.533. The minimum atomic E-state index is -0.494. The van der Waals surface area contributed by atoms with Gasteiger partial charge in [0.1, 0.15) is 24.0 Å². The van der Waals surface area contributed by atoms with E-state index in [4.69, 9.17) is 10.00 Å². The highest BCUT2D eigenvalue weighted by atomic mass is 19.1. The first-order chi connectivity index (χ1) is 8.67. The highest BCUT2D eigenvalue weighted by molar-refractivity contribution is 5.33. The lowest BCUT2D eigenvalue weighted by Crippen LogP contribution is -1.97. The smallest absolute Gasteiger partial charge is 0.126 e. The minimum absolute atomic E-state index is 0.0793. The topological polar surface area (TPSA) is 33.0 Å². The van der Waals surface area contributed by atoms with E-state index in [2.05, 4.69) is 0 Å². The molecule has 0 aliphatic heterocycles. The average molecular weight is 245 g/mol. The fourth-order valence-corrected chi connectivity index (χ4v) is 1.52. The molecule has 0 aromatic heterocycles. The summed E-state index contributed by atoms with van der Waals surface area (Å²) in [7, 11) is 0. The lowest BCUT2D eigenvalue weighted by molar-refractivity contribution is 0.304. The van der Waals surface area contributed by atoms with Crippen LogP contribution in [0.2, 0.25) is 0 Å². The lowest BCUT2D eigenvalue weighted by atomic mass is 10.1. The maximum atomic E-state index is 13.1. The van der Waals surface area contributed by atoms with Crippen molar-refractivity contribution in [3.05, 3.63) is 65.2 Å². The van der Waals surface area contributed by atoms with Crippen LogP contribution in [-0.2, 0) is 6.61 Å². The van der Waals surface area contributed by atoms with Crippen LogP contribution in [-0.4, -0.2) is 0 Å². The maximum absolute atomic E-state index is 13.1. The van der Waals surface area contributed by atoms with E-state index in [0.29, 0.717) is 11.3 Å². The molecule has 0 aliphatic rings. The molecule has 2 nitrogen and oxygen atoms in total. The van der Waals surface area contributed by atoms with Crippen molar-refractivity contribution in [2.75, 3.05) is 0 Å². The third-order valence-electron chi connectivity index (χ3n) is 2.29. The second kappa shape index (κ2) is 5.28. The van der Waals surface area contributed by atoms with Gasteiger partial charge >= 0.3 is 0 Å². The normalized spacial score (nSPS) is 9.83. The van der Waals surface area contributed by atoms with Crippen LogP contribution < -0.4 is 4.74 Å². The van der Waals surface area contributed by atoms with Gasteiger partial charge in [-0.3, -0.25) is 0 Å². The summed E-state index contributed by atoms with van der Waals surface area (Å²) >= 11 is 0. The molecule has 0 saturated heterocycles. The number of halogens is 2. The van der Waals surface area contributed by atoms with Crippen molar-refractivity contribution < 1.29 is 13.5 Å². The van der Waals surface area contributed by atoms with Crippen LogP contribution in [0.25, 0.3) is 0 Å². The number of ether oxygens (including phenoxy) is 1. The summed E-state index contributed by atoms with van der Waals surface area (Å²) in [6.45, 7) is 0.0793. The molecule has 0 unspecified atom stereocenters. The van der Waals surface area contributed by atoms with Gasteiger partial charge in [0.25, 0.3) is 0 Å². The summed E-state index contributed by atoms with van der Waals surface area (Å²) in [4.78, 5) is 0. The van der Waals surface area contributed by atoms with E-state index < -0.39 is 11.6 Å². The molecule has 2 aromatic rings. The van der Waals surface area contributed by atoms with Crippen molar-refractivity contribution in [1.29, 1.82) is 5.26 Å². The van der Waals surface area contributed by atoms with E-state index in [1.165, 1.54) is 30.3 Å². The highest BCUT2D eigenvalue weighted by Crippen LogP contribution is 2.15. The molecule has 0 N–H and O–H groups in total. The van der Waals surface area contributed by atoms with Crippen LogP contribution >= 0.6 is 0 Å². The summed E-state index contributed by atoms with van der Waals surface area (Å²) in [6.07, 6.45) is 0. The van der Waals surface area contributed by atoms with E-state index in [0.717, 1.165) is 6.07 Å². The Morgan fingerprint density at radius 2 is 1.89 bits per heavy atom. The SMILES string of the molecule is N#Cc1cc(F)cc(COc2cccc(F)c2)c1. The zero-order valence-corrected chi connectivity index (χ0v) is 9.36. The number of rotatable bonds is 3. The van der Waals surface area contributed by atoms with Crippen molar-refractivity contribution in [3.8, 4) is 11.8 Å². The number of nitriles is 1. The van der Waals surface area contributed by atoms with Gasteiger partial charge in [-0.2, -0.15) is 5.26 Å². The fourth-order valence-electron chi connectivity index (χ4n) is 1.52. The highest BCUT2D eigenvalue weighted by Gasteiger charge is 2.02. The zero-order chi connectivity index (χ0) is 13.0. The van der Waals surface area contributed by atoms with Gasteiger partial charge in [-0.25, -0.2) is 8.78 Å². The Morgan fingerprint density at radius 1 is 1.06 bits per heavy atom. The Bertz CT molecular complexity index is 605. The first-order valence-corrected chi connectivity index (χ1v) is 5.25. The molecular weight excluding hydrogens is 236 g/mol. The molecular formula is C14H9F2NO. The fraction of sp³-hybridized carbons (Fsp3) is 0.0714.